The Morgan fingerprint density at radius 1 is 0.821 bits per heavy atom. The Bertz CT molecular complexity index is 1550. The van der Waals surface area contributed by atoms with E-state index in [0.717, 1.165) is 49.0 Å². The molecule has 0 bridgehead atoms. The lowest BCUT2D eigenvalue weighted by atomic mass is 9.99. The van der Waals surface area contributed by atoms with Crippen LogP contribution >= 0.6 is 11.6 Å². The van der Waals surface area contributed by atoms with Crippen molar-refractivity contribution in [3.8, 4) is 11.1 Å². The summed E-state index contributed by atoms with van der Waals surface area (Å²) in [6.07, 6.45) is 0. The highest BCUT2D eigenvalue weighted by Crippen LogP contribution is 2.27. The summed E-state index contributed by atoms with van der Waals surface area (Å²) in [5, 5.41) is 0.726. The van der Waals surface area contributed by atoms with Crippen molar-refractivity contribution in [2.24, 2.45) is 0 Å². The van der Waals surface area contributed by atoms with Gasteiger partial charge in [0.25, 0.3) is 15.9 Å². The van der Waals surface area contributed by atoms with E-state index in [1.807, 2.05) is 24.3 Å². The Kier molecular flexibility index (Phi) is 7.88. The van der Waals surface area contributed by atoms with Crippen molar-refractivity contribution in [1.29, 1.82) is 0 Å². The summed E-state index contributed by atoms with van der Waals surface area (Å²) < 4.78 is 27.2. The molecule has 0 aliphatic carbocycles. The molecule has 1 heterocycles. The largest absolute Gasteiger partial charge is 0.399 e. The van der Waals surface area contributed by atoms with Crippen molar-refractivity contribution < 1.29 is 13.2 Å². The van der Waals surface area contributed by atoms with Crippen LogP contribution in [0, 0.1) is 0 Å². The van der Waals surface area contributed by atoms with Gasteiger partial charge in [0.1, 0.15) is 0 Å². The molecule has 1 saturated heterocycles. The number of carbonyl (C=O) groups excluding carboxylic acids is 1. The zero-order valence-electron chi connectivity index (χ0n) is 21.3. The molecule has 0 spiro atoms. The number of hydrogen-bond acceptors (Lipinski definition) is 6. The van der Waals surface area contributed by atoms with Gasteiger partial charge < -0.3 is 10.6 Å². The first kappa shape index (κ1) is 26.7. The molecule has 0 saturated carbocycles. The average molecular weight is 561 g/mol. The minimum atomic E-state index is -3.99. The van der Waals surface area contributed by atoms with Crippen LogP contribution in [0.1, 0.15) is 15.9 Å². The predicted octanol–water partition coefficient (Wildman–Crippen LogP) is 5.03. The Labute approximate surface area is 233 Å². The van der Waals surface area contributed by atoms with E-state index in [-0.39, 0.29) is 10.5 Å². The third-order valence-corrected chi connectivity index (χ3v) is 8.45. The number of anilines is 2. The van der Waals surface area contributed by atoms with E-state index in [2.05, 4.69) is 50.9 Å². The van der Waals surface area contributed by atoms with Gasteiger partial charge in [-0.15, -0.1) is 0 Å². The van der Waals surface area contributed by atoms with E-state index in [1.54, 1.807) is 12.1 Å². The molecule has 39 heavy (non-hydrogen) atoms. The predicted molar refractivity (Wildman–Crippen MR) is 156 cm³/mol. The molecule has 5 rings (SSSR count). The smallest absolute Gasteiger partial charge is 0.264 e. The highest BCUT2D eigenvalue weighted by molar-refractivity contribution is 7.90. The van der Waals surface area contributed by atoms with Gasteiger partial charge in [0, 0.05) is 54.7 Å². The van der Waals surface area contributed by atoms with Gasteiger partial charge in [-0.05, 0) is 77.4 Å². The van der Waals surface area contributed by atoms with Crippen molar-refractivity contribution in [1.82, 2.24) is 9.62 Å². The number of nitrogen functional groups attached to an aromatic ring is 1. The van der Waals surface area contributed by atoms with Crippen molar-refractivity contribution in [3.05, 3.63) is 113 Å². The topological polar surface area (TPSA) is 95.7 Å². The fourth-order valence-electron chi connectivity index (χ4n) is 4.68. The molecule has 9 heteroatoms. The normalized spacial score (nSPS) is 14.2. The maximum absolute atomic E-state index is 12.6. The molecule has 3 N–H and O–H groups in total. The molecular weight excluding hydrogens is 532 g/mol. The van der Waals surface area contributed by atoms with Gasteiger partial charge in [-0.1, -0.05) is 48.0 Å². The van der Waals surface area contributed by atoms with E-state index in [9.17, 15) is 13.2 Å². The number of nitrogens with zero attached hydrogens (tertiary/aromatic N) is 2. The molecule has 4 aromatic rings. The van der Waals surface area contributed by atoms with Crippen LogP contribution in [0.15, 0.2) is 102 Å². The molecule has 4 aromatic carbocycles. The highest BCUT2D eigenvalue weighted by Gasteiger charge is 2.21. The fraction of sp³-hybridized carbons (Fsp3) is 0.167. The summed E-state index contributed by atoms with van der Waals surface area (Å²) >= 11 is 6.08. The van der Waals surface area contributed by atoms with Crippen LogP contribution < -0.4 is 15.4 Å². The SMILES string of the molecule is Nc1ccc(S(=O)(=O)NC(=O)c2ccc(N3CCN(Cc4ccccc4-c4ccc(Cl)cc4)CC3)cc2)cc1. The van der Waals surface area contributed by atoms with E-state index in [1.165, 1.54) is 35.4 Å². The van der Waals surface area contributed by atoms with Crippen molar-refractivity contribution >= 4 is 38.9 Å². The van der Waals surface area contributed by atoms with Crippen LogP contribution in [0.3, 0.4) is 0 Å². The number of sulfonamides is 1. The second-order valence-corrected chi connectivity index (χ2v) is 11.6. The minimum absolute atomic E-state index is 0.0182. The Balaban J connectivity index is 1.18. The summed E-state index contributed by atoms with van der Waals surface area (Å²) in [4.78, 5) is 17.3. The van der Waals surface area contributed by atoms with E-state index >= 15 is 0 Å². The van der Waals surface area contributed by atoms with E-state index in [4.69, 9.17) is 17.3 Å². The van der Waals surface area contributed by atoms with E-state index < -0.39 is 15.9 Å². The summed E-state index contributed by atoms with van der Waals surface area (Å²) in [5.41, 5.74) is 11.0. The molecule has 200 valence electrons. The molecule has 0 atom stereocenters. The molecule has 1 aliphatic heterocycles. The molecular formula is C30H29ClN4O3S. The first-order chi connectivity index (χ1) is 18.8. The van der Waals surface area contributed by atoms with Crippen LogP contribution in [0.5, 0.6) is 0 Å². The molecule has 0 aromatic heterocycles. The standard InChI is InChI=1S/C30H29ClN4O3S/c31-25-9-5-22(6-10-25)29-4-2-1-3-24(29)21-34-17-19-35(20-18-34)27-13-7-23(8-14-27)30(36)33-39(37,38)28-15-11-26(32)12-16-28/h1-16H,17-21,32H2,(H,33,36). The first-order valence-electron chi connectivity index (χ1n) is 12.6. The monoisotopic (exact) mass is 560 g/mol. The maximum atomic E-state index is 12.6. The second-order valence-electron chi connectivity index (χ2n) is 9.48. The van der Waals surface area contributed by atoms with Crippen LogP contribution in [0.2, 0.25) is 5.02 Å². The molecule has 1 fully saturated rings. The van der Waals surface area contributed by atoms with Gasteiger partial charge in [-0.2, -0.15) is 0 Å². The van der Waals surface area contributed by atoms with Crippen LogP contribution in [-0.2, 0) is 16.6 Å². The van der Waals surface area contributed by atoms with Crippen molar-refractivity contribution in [2.45, 2.75) is 11.4 Å². The van der Waals surface area contributed by atoms with Crippen LogP contribution in [0.4, 0.5) is 11.4 Å². The number of rotatable bonds is 7. The number of benzene rings is 4. The fourth-order valence-corrected chi connectivity index (χ4v) is 5.78. The molecule has 1 amide bonds. The number of carbonyl (C=O) groups is 1. The number of nitrogens with two attached hydrogens (primary N) is 1. The lowest BCUT2D eigenvalue weighted by molar-refractivity contribution is 0.0981. The minimum Gasteiger partial charge on any atom is -0.399 e. The highest BCUT2D eigenvalue weighted by atomic mass is 35.5. The Morgan fingerprint density at radius 3 is 2.13 bits per heavy atom. The Morgan fingerprint density at radius 2 is 1.46 bits per heavy atom. The molecule has 1 aliphatic rings. The summed E-state index contributed by atoms with van der Waals surface area (Å²) in [6, 6.07) is 29.1. The lowest BCUT2D eigenvalue weighted by Gasteiger charge is -2.36. The molecule has 0 radical (unpaired) electrons. The third-order valence-electron chi connectivity index (χ3n) is 6.85. The van der Waals surface area contributed by atoms with Gasteiger partial charge in [0.05, 0.1) is 4.90 Å². The van der Waals surface area contributed by atoms with Crippen LogP contribution in [0.25, 0.3) is 11.1 Å². The van der Waals surface area contributed by atoms with Gasteiger partial charge in [-0.25, -0.2) is 13.1 Å². The second kappa shape index (κ2) is 11.5. The number of nitrogens with one attached hydrogen (secondary N) is 1. The number of hydrogen-bond donors (Lipinski definition) is 2. The zero-order chi connectivity index (χ0) is 27.4. The van der Waals surface area contributed by atoms with Crippen molar-refractivity contribution in [3.63, 3.8) is 0 Å². The molecule has 7 nitrogen and oxygen atoms in total. The summed E-state index contributed by atoms with van der Waals surface area (Å²) in [7, 11) is -3.99. The summed E-state index contributed by atoms with van der Waals surface area (Å²) in [5.74, 6) is -0.678. The molecule has 0 unspecified atom stereocenters. The first-order valence-corrected chi connectivity index (χ1v) is 14.5. The maximum Gasteiger partial charge on any atom is 0.264 e. The summed E-state index contributed by atoms with van der Waals surface area (Å²) in [6.45, 7) is 4.35. The van der Waals surface area contributed by atoms with Crippen LogP contribution in [-0.4, -0.2) is 45.4 Å². The van der Waals surface area contributed by atoms with Crippen molar-refractivity contribution in [2.75, 3.05) is 36.8 Å². The number of amides is 1. The average Bonchev–Trinajstić information content (AvgIpc) is 2.94. The number of piperazine rings is 1. The van der Waals surface area contributed by atoms with Gasteiger partial charge in [0.2, 0.25) is 0 Å². The third kappa shape index (κ3) is 6.42. The lowest BCUT2D eigenvalue weighted by Crippen LogP contribution is -2.46. The zero-order valence-corrected chi connectivity index (χ0v) is 22.8. The number of halogens is 1. The van der Waals surface area contributed by atoms with E-state index in [0.29, 0.717) is 5.69 Å². The quantitative estimate of drug-likeness (QED) is 0.308. The Hall–Kier alpha value is -3.85. The van der Waals surface area contributed by atoms with Gasteiger partial charge in [0.15, 0.2) is 0 Å². The van der Waals surface area contributed by atoms with Gasteiger partial charge >= 0.3 is 0 Å². The van der Waals surface area contributed by atoms with Gasteiger partial charge in [-0.3, -0.25) is 9.69 Å².